The van der Waals surface area contributed by atoms with Gasteiger partial charge in [0.05, 0.1) is 0 Å². The topological polar surface area (TPSA) is 75.6 Å². The molecule has 0 fully saturated rings. The van der Waals surface area contributed by atoms with E-state index in [1.54, 1.807) is 0 Å². The number of carboxylic acid groups (broad SMARTS) is 1. The van der Waals surface area contributed by atoms with Crippen molar-refractivity contribution in [2.24, 2.45) is 5.92 Å². The molecule has 2 N–H and O–H groups in total. The highest BCUT2D eigenvalue weighted by molar-refractivity contribution is 5.77. The number of carbonyl (C=O) groups excluding carboxylic acids is 1. The van der Waals surface area contributed by atoms with E-state index >= 15 is 0 Å². The van der Waals surface area contributed by atoms with Gasteiger partial charge in [0.2, 0.25) is 0 Å². The third-order valence-electron chi connectivity index (χ3n) is 3.19. The van der Waals surface area contributed by atoms with Crippen LogP contribution in [-0.2, 0) is 9.59 Å². The summed E-state index contributed by atoms with van der Waals surface area (Å²) in [6.07, 6.45) is 0.670. The number of carboxylic acids is 1. The van der Waals surface area contributed by atoms with Gasteiger partial charge in [-0.05, 0) is 37.8 Å². The van der Waals surface area contributed by atoms with Crippen LogP contribution in [0.3, 0.4) is 0 Å². The van der Waals surface area contributed by atoms with Crippen molar-refractivity contribution in [3.05, 3.63) is 29.3 Å². The largest absolute Gasteiger partial charge is 0.484 e. The molecule has 0 aliphatic carbocycles. The summed E-state index contributed by atoms with van der Waals surface area (Å²) < 4.78 is 5.48. The van der Waals surface area contributed by atoms with E-state index in [2.05, 4.69) is 5.32 Å². The molecule has 0 heterocycles. The van der Waals surface area contributed by atoms with Crippen molar-refractivity contribution < 1.29 is 19.4 Å². The van der Waals surface area contributed by atoms with Crippen LogP contribution in [0.1, 0.15) is 30.9 Å². The predicted molar refractivity (Wildman–Crippen MR) is 80.5 cm³/mol. The molecule has 0 saturated carbocycles. The van der Waals surface area contributed by atoms with Crippen molar-refractivity contribution in [2.45, 2.75) is 33.6 Å². The monoisotopic (exact) mass is 293 g/mol. The molecule has 0 spiro atoms. The molecule has 0 aliphatic heterocycles. The highest BCUT2D eigenvalue weighted by Gasteiger charge is 2.09. The fourth-order valence-electron chi connectivity index (χ4n) is 1.92. The molecule has 0 radical (unpaired) electrons. The number of benzene rings is 1. The van der Waals surface area contributed by atoms with E-state index in [1.165, 1.54) is 0 Å². The van der Waals surface area contributed by atoms with Gasteiger partial charge in [-0.1, -0.05) is 24.6 Å². The summed E-state index contributed by atoms with van der Waals surface area (Å²) in [5.74, 6) is -0.177. The van der Waals surface area contributed by atoms with Crippen LogP contribution < -0.4 is 10.1 Å². The minimum absolute atomic E-state index is 0.0322. The van der Waals surface area contributed by atoms with Gasteiger partial charge in [0, 0.05) is 13.0 Å². The van der Waals surface area contributed by atoms with Crippen LogP contribution in [0.4, 0.5) is 0 Å². The summed E-state index contributed by atoms with van der Waals surface area (Å²) in [5.41, 5.74) is 2.15. The number of amides is 1. The van der Waals surface area contributed by atoms with Gasteiger partial charge in [0.25, 0.3) is 5.91 Å². The Bertz CT molecular complexity index is 499. The molecule has 1 aromatic carbocycles. The quantitative estimate of drug-likeness (QED) is 0.771. The van der Waals surface area contributed by atoms with Crippen molar-refractivity contribution in [2.75, 3.05) is 13.2 Å². The van der Waals surface area contributed by atoms with E-state index in [9.17, 15) is 9.59 Å². The zero-order chi connectivity index (χ0) is 15.8. The molecule has 21 heavy (non-hydrogen) atoms. The average Bonchev–Trinajstić information content (AvgIpc) is 2.41. The van der Waals surface area contributed by atoms with Crippen molar-refractivity contribution in [1.82, 2.24) is 5.32 Å². The second-order valence-electron chi connectivity index (χ2n) is 5.40. The van der Waals surface area contributed by atoms with Gasteiger partial charge in [-0.3, -0.25) is 9.59 Å². The Hall–Kier alpha value is -2.04. The Balaban J connectivity index is 2.29. The van der Waals surface area contributed by atoms with E-state index in [0.717, 1.165) is 11.1 Å². The molecule has 0 bridgehead atoms. The van der Waals surface area contributed by atoms with E-state index in [4.69, 9.17) is 9.84 Å². The van der Waals surface area contributed by atoms with Gasteiger partial charge < -0.3 is 15.2 Å². The molecule has 1 amide bonds. The average molecular weight is 293 g/mol. The number of carbonyl (C=O) groups is 2. The Morgan fingerprint density at radius 3 is 2.67 bits per heavy atom. The molecule has 1 unspecified atom stereocenters. The molecule has 0 aromatic heterocycles. The number of ether oxygens (including phenoxy) is 1. The predicted octanol–water partition coefficient (Wildman–Crippen LogP) is 2.30. The maximum absolute atomic E-state index is 11.7. The molecule has 116 valence electrons. The third-order valence-corrected chi connectivity index (χ3v) is 3.19. The molecule has 1 atom stereocenters. The normalized spacial score (nSPS) is 11.8. The summed E-state index contributed by atoms with van der Waals surface area (Å²) in [4.78, 5) is 22.1. The Labute approximate surface area is 125 Å². The highest BCUT2D eigenvalue weighted by Crippen LogP contribution is 2.18. The second-order valence-corrected chi connectivity index (χ2v) is 5.40. The lowest BCUT2D eigenvalue weighted by atomic mass is 10.1. The van der Waals surface area contributed by atoms with Crippen molar-refractivity contribution in [1.29, 1.82) is 0 Å². The summed E-state index contributed by atoms with van der Waals surface area (Å²) in [5, 5.41) is 11.3. The highest BCUT2D eigenvalue weighted by atomic mass is 16.5. The van der Waals surface area contributed by atoms with Gasteiger partial charge in [0.15, 0.2) is 6.61 Å². The maximum Gasteiger partial charge on any atom is 0.303 e. The van der Waals surface area contributed by atoms with Crippen molar-refractivity contribution in [3.8, 4) is 5.75 Å². The smallest absolute Gasteiger partial charge is 0.303 e. The van der Waals surface area contributed by atoms with Crippen LogP contribution >= 0.6 is 0 Å². The van der Waals surface area contributed by atoms with Crippen LogP contribution in [0.15, 0.2) is 18.2 Å². The lowest BCUT2D eigenvalue weighted by Gasteiger charge is -2.13. The first-order chi connectivity index (χ1) is 9.88. The van der Waals surface area contributed by atoms with Crippen LogP contribution in [0, 0.1) is 19.8 Å². The fraction of sp³-hybridized carbons (Fsp3) is 0.500. The van der Waals surface area contributed by atoms with Crippen molar-refractivity contribution >= 4 is 11.9 Å². The summed E-state index contributed by atoms with van der Waals surface area (Å²) in [7, 11) is 0. The zero-order valence-corrected chi connectivity index (χ0v) is 12.8. The number of hydrogen-bond acceptors (Lipinski definition) is 3. The number of aliphatic carboxylic acids is 1. The first-order valence-corrected chi connectivity index (χ1v) is 7.07. The number of nitrogens with one attached hydrogen (secondary N) is 1. The van der Waals surface area contributed by atoms with Crippen LogP contribution in [0.25, 0.3) is 0 Å². The number of rotatable bonds is 8. The van der Waals surface area contributed by atoms with Crippen LogP contribution in [0.5, 0.6) is 5.75 Å². The first-order valence-electron chi connectivity index (χ1n) is 7.07. The van der Waals surface area contributed by atoms with Crippen LogP contribution in [-0.4, -0.2) is 30.1 Å². The summed E-state index contributed by atoms with van der Waals surface area (Å²) in [6.45, 7) is 6.28. The molecule has 1 rings (SSSR count). The molecular weight excluding hydrogens is 270 g/mol. The Morgan fingerprint density at radius 2 is 2.05 bits per heavy atom. The summed E-state index contributed by atoms with van der Waals surface area (Å²) in [6, 6.07) is 5.79. The summed E-state index contributed by atoms with van der Waals surface area (Å²) >= 11 is 0. The SMILES string of the molecule is Cc1ccc(OCC(=O)NCC(C)CCC(=O)O)c(C)c1. The molecule has 5 nitrogen and oxygen atoms in total. The lowest BCUT2D eigenvalue weighted by molar-refractivity contribution is -0.137. The Kier molecular flexibility index (Phi) is 6.72. The number of aryl methyl sites for hydroxylation is 2. The van der Waals surface area contributed by atoms with E-state index in [1.807, 2.05) is 39.0 Å². The third kappa shape index (κ3) is 6.79. The molecule has 0 aliphatic rings. The van der Waals surface area contributed by atoms with Gasteiger partial charge in [-0.25, -0.2) is 0 Å². The first kappa shape index (κ1) is 17.0. The molecule has 5 heteroatoms. The fourth-order valence-corrected chi connectivity index (χ4v) is 1.92. The minimum atomic E-state index is -0.814. The number of hydrogen-bond donors (Lipinski definition) is 2. The maximum atomic E-state index is 11.7. The zero-order valence-electron chi connectivity index (χ0n) is 12.8. The van der Waals surface area contributed by atoms with Gasteiger partial charge in [-0.2, -0.15) is 0 Å². The molecular formula is C16H23NO4. The van der Waals surface area contributed by atoms with Gasteiger partial charge in [-0.15, -0.1) is 0 Å². The molecule has 1 aromatic rings. The van der Waals surface area contributed by atoms with Crippen LogP contribution in [0.2, 0.25) is 0 Å². The van der Waals surface area contributed by atoms with Gasteiger partial charge in [0.1, 0.15) is 5.75 Å². The second kappa shape index (κ2) is 8.29. The van der Waals surface area contributed by atoms with E-state index in [-0.39, 0.29) is 24.9 Å². The Morgan fingerprint density at radius 1 is 1.33 bits per heavy atom. The standard InChI is InChI=1S/C16H23NO4/c1-11-4-6-14(13(3)8-11)21-10-15(18)17-9-12(2)5-7-16(19)20/h4,6,8,12H,5,7,9-10H2,1-3H3,(H,17,18)(H,19,20). The lowest BCUT2D eigenvalue weighted by Crippen LogP contribution is -2.32. The van der Waals surface area contributed by atoms with Gasteiger partial charge >= 0.3 is 5.97 Å². The van der Waals surface area contributed by atoms with E-state index < -0.39 is 5.97 Å². The van der Waals surface area contributed by atoms with E-state index in [0.29, 0.717) is 18.7 Å². The molecule has 0 saturated heterocycles. The minimum Gasteiger partial charge on any atom is -0.484 e. The van der Waals surface area contributed by atoms with Crippen molar-refractivity contribution in [3.63, 3.8) is 0 Å².